The molecule has 0 radical (unpaired) electrons. The van der Waals surface area contributed by atoms with Crippen molar-refractivity contribution in [2.75, 3.05) is 0 Å². The first kappa shape index (κ1) is 12.9. The summed E-state index contributed by atoms with van der Waals surface area (Å²) in [5, 5.41) is 3.57. The van der Waals surface area contributed by atoms with Crippen LogP contribution in [0.5, 0.6) is 0 Å². The summed E-state index contributed by atoms with van der Waals surface area (Å²) >= 11 is 0. The van der Waals surface area contributed by atoms with Crippen LogP contribution in [0.25, 0.3) is 0 Å². The zero-order valence-electron chi connectivity index (χ0n) is 11.7. The molecule has 17 heavy (non-hydrogen) atoms. The van der Waals surface area contributed by atoms with Crippen LogP contribution in [0.4, 0.5) is 0 Å². The van der Waals surface area contributed by atoms with Crippen LogP contribution in [0.1, 0.15) is 53.9 Å². The van der Waals surface area contributed by atoms with E-state index in [0.29, 0.717) is 0 Å². The Labute approximate surface area is 105 Å². The van der Waals surface area contributed by atoms with Crippen LogP contribution in [0.3, 0.4) is 0 Å². The molecule has 3 heteroatoms. The summed E-state index contributed by atoms with van der Waals surface area (Å²) in [4.78, 5) is 0. The normalized spacial score (nSPS) is 41.6. The molecule has 3 nitrogen and oxygen atoms in total. The van der Waals surface area contributed by atoms with Gasteiger partial charge in [-0.2, -0.15) is 0 Å². The Morgan fingerprint density at radius 1 is 1.35 bits per heavy atom. The average Bonchev–Trinajstić information content (AvgIpc) is 2.20. The van der Waals surface area contributed by atoms with Crippen molar-refractivity contribution in [3.05, 3.63) is 11.8 Å². The van der Waals surface area contributed by atoms with Gasteiger partial charge in [-0.25, -0.2) is 0 Å². The van der Waals surface area contributed by atoms with E-state index in [4.69, 9.17) is 9.47 Å². The first-order chi connectivity index (χ1) is 7.81. The van der Waals surface area contributed by atoms with E-state index < -0.39 is 0 Å². The smallest absolute Gasteiger partial charge is 0.148 e. The molecule has 0 unspecified atom stereocenters. The fraction of sp³-hybridized carbons (Fsp3) is 0.857. The minimum absolute atomic E-state index is 0.0226. The number of nitrogens with one attached hydrogen (secondary N) is 1. The number of ether oxygens (including phenoxy) is 2. The summed E-state index contributed by atoms with van der Waals surface area (Å²) in [6.45, 7) is 10.9. The summed E-state index contributed by atoms with van der Waals surface area (Å²) in [5.41, 5.74) is 1.18. The number of rotatable bonds is 1. The molecule has 0 aromatic carbocycles. The second-order valence-electron chi connectivity index (χ2n) is 6.45. The number of hydrogen-bond acceptors (Lipinski definition) is 3. The third-order valence-electron chi connectivity index (χ3n) is 3.79. The van der Waals surface area contributed by atoms with Gasteiger partial charge in [-0.05, 0) is 59.5 Å². The Hall–Kier alpha value is -0.540. The Bertz CT molecular complexity index is 324. The molecule has 1 fully saturated rings. The lowest BCUT2D eigenvalue weighted by molar-refractivity contribution is -0.183. The van der Waals surface area contributed by atoms with Gasteiger partial charge in [0.05, 0.1) is 12.4 Å². The summed E-state index contributed by atoms with van der Waals surface area (Å²) in [6, 6.07) is 0. The molecular formula is C14H25NO2. The van der Waals surface area contributed by atoms with Crippen molar-refractivity contribution in [1.82, 2.24) is 5.32 Å². The third kappa shape index (κ3) is 2.83. The Morgan fingerprint density at radius 3 is 2.59 bits per heavy atom. The molecule has 98 valence electrons. The third-order valence-corrected chi connectivity index (χ3v) is 3.79. The Morgan fingerprint density at radius 2 is 2.06 bits per heavy atom. The standard InChI is InChI=1S/C14H25NO2/c1-10-6-7-14(5,16-9-10)12-15-13(3,4)8-11(2)17-12/h9,11-12,15H,6-8H2,1-5H3/t11-,12-,14-/m0/s1. The second kappa shape index (κ2) is 4.29. The topological polar surface area (TPSA) is 30.5 Å². The summed E-state index contributed by atoms with van der Waals surface area (Å²) < 4.78 is 11.9. The van der Waals surface area contributed by atoms with Crippen LogP contribution in [0.2, 0.25) is 0 Å². The van der Waals surface area contributed by atoms with Crippen LogP contribution < -0.4 is 5.32 Å². The maximum absolute atomic E-state index is 6.03. The van der Waals surface area contributed by atoms with Crippen molar-refractivity contribution in [3.8, 4) is 0 Å². The van der Waals surface area contributed by atoms with Gasteiger partial charge in [0, 0.05) is 5.54 Å². The summed E-state index contributed by atoms with van der Waals surface area (Å²) in [7, 11) is 0. The molecule has 2 aliphatic rings. The van der Waals surface area contributed by atoms with Crippen LogP contribution in [0.15, 0.2) is 11.8 Å². The first-order valence-corrected chi connectivity index (χ1v) is 6.57. The van der Waals surface area contributed by atoms with Crippen LogP contribution in [-0.2, 0) is 9.47 Å². The number of allylic oxidation sites excluding steroid dienone is 1. The molecule has 0 aromatic heterocycles. The van der Waals surface area contributed by atoms with E-state index in [0.717, 1.165) is 19.3 Å². The molecule has 0 aromatic rings. The minimum Gasteiger partial charge on any atom is -0.491 e. The fourth-order valence-corrected chi connectivity index (χ4v) is 2.73. The van der Waals surface area contributed by atoms with E-state index in [1.54, 1.807) is 0 Å². The van der Waals surface area contributed by atoms with E-state index in [-0.39, 0.29) is 23.5 Å². The van der Waals surface area contributed by atoms with Crippen molar-refractivity contribution in [1.29, 1.82) is 0 Å². The first-order valence-electron chi connectivity index (χ1n) is 6.57. The molecular weight excluding hydrogens is 214 g/mol. The SMILES string of the molecule is CC1=CO[C@](C)([C@H]2NC(C)(C)C[C@H](C)O2)CC1. The van der Waals surface area contributed by atoms with Gasteiger partial charge in [0.1, 0.15) is 11.8 Å². The maximum atomic E-state index is 6.03. The van der Waals surface area contributed by atoms with Crippen LogP contribution in [-0.4, -0.2) is 23.5 Å². The van der Waals surface area contributed by atoms with Gasteiger partial charge < -0.3 is 9.47 Å². The maximum Gasteiger partial charge on any atom is 0.148 e. The lowest BCUT2D eigenvalue weighted by Gasteiger charge is -2.48. The van der Waals surface area contributed by atoms with Gasteiger partial charge >= 0.3 is 0 Å². The van der Waals surface area contributed by atoms with Crippen molar-refractivity contribution in [2.24, 2.45) is 0 Å². The largest absolute Gasteiger partial charge is 0.491 e. The van der Waals surface area contributed by atoms with Gasteiger partial charge in [0.2, 0.25) is 0 Å². The molecule has 2 heterocycles. The second-order valence-corrected chi connectivity index (χ2v) is 6.45. The van der Waals surface area contributed by atoms with Crippen molar-refractivity contribution >= 4 is 0 Å². The molecule has 0 aliphatic carbocycles. The molecule has 0 amide bonds. The molecule has 2 rings (SSSR count). The lowest BCUT2D eigenvalue weighted by atomic mass is 9.88. The number of hydrogen-bond donors (Lipinski definition) is 1. The van der Waals surface area contributed by atoms with Crippen molar-refractivity contribution in [3.63, 3.8) is 0 Å². The van der Waals surface area contributed by atoms with Crippen LogP contribution >= 0.6 is 0 Å². The lowest BCUT2D eigenvalue weighted by Crippen LogP contribution is -2.63. The zero-order valence-corrected chi connectivity index (χ0v) is 11.7. The van der Waals surface area contributed by atoms with Gasteiger partial charge in [0.15, 0.2) is 0 Å². The highest BCUT2D eigenvalue weighted by Crippen LogP contribution is 2.34. The van der Waals surface area contributed by atoms with E-state index in [1.165, 1.54) is 5.57 Å². The molecule has 0 spiro atoms. The van der Waals surface area contributed by atoms with Gasteiger partial charge in [-0.1, -0.05) is 0 Å². The minimum atomic E-state index is -0.245. The van der Waals surface area contributed by atoms with Crippen LogP contribution in [0, 0.1) is 0 Å². The van der Waals surface area contributed by atoms with Gasteiger partial charge in [0.25, 0.3) is 0 Å². The highest BCUT2D eigenvalue weighted by Gasteiger charge is 2.44. The van der Waals surface area contributed by atoms with Gasteiger partial charge in [-0.3, -0.25) is 5.32 Å². The predicted octanol–water partition coefficient (Wildman–Crippen LogP) is 2.96. The van der Waals surface area contributed by atoms with E-state index in [2.05, 4.69) is 39.9 Å². The quantitative estimate of drug-likeness (QED) is 0.763. The molecule has 0 saturated carbocycles. The van der Waals surface area contributed by atoms with E-state index in [1.807, 2.05) is 6.26 Å². The monoisotopic (exact) mass is 239 g/mol. The van der Waals surface area contributed by atoms with Gasteiger partial charge in [-0.15, -0.1) is 0 Å². The molecule has 1 N–H and O–H groups in total. The highest BCUT2D eigenvalue weighted by atomic mass is 16.6. The fourth-order valence-electron chi connectivity index (χ4n) is 2.73. The zero-order chi connectivity index (χ0) is 12.7. The van der Waals surface area contributed by atoms with Crippen molar-refractivity contribution in [2.45, 2.75) is 77.4 Å². The predicted molar refractivity (Wildman–Crippen MR) is 68.6 cm³/mol. The average molecular weight is 239 g/mol. The highest BCUT2D eigenvalue weighted by molar-refractivity contribution is 5.04. The molecule has 0 bridgehead atoms. The van der Waals surface area contributed by atoms with E-state index >= 15 is 0 Å². The Balaban J connectivity index is 2.11. The van der Waals surface area contributed by atoms with E-state index in [9.17, 15) is 0 Å². The summed E-state index contributed by atoms with van der Waals surface area (Å²) in [6.07, 6.45) is 5.28. The molecule has 2 aliphatic heterocycles. The van der Waals surface area contributed by atoms with Crippen molar-refractivity contribution < 1.29 is 9.47 Å². The molecule has 3 atom stereocenters. The Kier molecular flexibility index (Phi) is 3.25. The summed E-state index contributed by atoms with van der Waals surface area (Å²) in [5.74, 6) is 0. The molecule has 1 saturated heterocycles.